The molecule has 1 rings (SSSR count). The topological polar surface area (TPSA) is 17.1 Å². The molecule has 1 heteroatoms. The summed E-state index contributed by atoms with van der Waals surface area (Å²) in [4.78, 5) is 9.71. The zero-order chi connectivity index (χ0) is 5.82. The van der Waals surface area contributed by atoms with Gasteiger partial charge < -0.3 is 0 Å². The van der Waals surface area contributed by atoms with Crippen molar-refractivity contribution in [3.63, 3.8) is 0 Å². The number of hydrogen-bond donors (Lipinski definition) is 0. The minimum atomic E-state index is 0.201. The molecule has 0 saturated heterocycles. The van der Waals surface area contributed by atoms with Crippen LogP contribution in [0.4, 0.5) is 0 Å². The fourth-order valence-corrected chi connectivity index (χ4v) is 0.639. The van der Waals surface area contributed by atoms with E-state index in [4.69, 9.17) is 0 Å². The lowest BCUT2D eigenvalue weighted by Crippen LogP contribution is -1.78. The molecule has 0 amide bonds. The van der Waals surface area contributed by atoms with Crippen LogP contribution in [0, 0.1) is 5.92 Å². The summed E-state index contributed by atoms with van der Waals surface area (Å²) in [6.45, 7) is 0. The summed E-state index contributed by atoms with van der Waals surface area (Å²) in [6.07, 6.45) is 9.19. The second-order valence-corrected chi connectivity index (χ2v) is 1.63. The molecule has 0 unspecified atom stereocenters. The first-order valence-corrected chi connectivity index (χ1v) is 2.49. The van der Waals surface area contributed by atoms with Crippen molar-refractivity contribution >= 4 is 5.94 Å². The van der Waals surface area contributed by atoms with Crippen LogP contribution < -0.4 is 0 Å². The second-order valence-electron chi connectivity index (χ2n) is 1.63. The van der Waals surface area contributed by atoms with Crippen LogP contribution in [0.15, 0.2) is 30.4 Å². The molecule has 0 aromatic carbocycles. The van der Waals surface area contributed by atoms with Gasteiger partial charge in [0, 0.05) is 12.0 Å². The largest absolute Gasteiger partial charge is 0.234 e. The van der Waals surface area contributed by atoms with Gasteiger partial charge in [-0.1, -0.05) is 24.3 Å². The molecule has 8 heavy (non-hydrogen) atoms. The van der Waals surface area contributed by atoms with Crippen LogP contribution >= 0.6 is 0 Å². The molecular weight excluding hydrogens is 100 g/mol. The number of carbonyl (C=O) groups excluding carboxylic acids is 1. The third-order valence-electron chi connectivity index (χ3n) is 1.04. The van der Waals surface area contributed by atoms with Crippen molar-refractivity contribution < 1.29 is 4.79 Å². The van der Waals surface area contributed by atoms with E-state index in [9.17, 15) is 4.79 Å². The molecule has 0 aromatic heterocycles. The molecule has 0 heterocycles. The number of hydrogen-bond acceptors (Lipinski definition) is 1. The molecule has 0 bridgehead atoms. The third-order valence-corrected chi connectivity index (χ3v) is 1.04. The highest BCUT2D eigenvalue weighted by Crippen LogP contribution is 2.07. The van der Waals surface area contributed by atoms with Crippen LogP contribution in [0.3, 0.4) is 0 Å². The van der Waals surface area contributed by atoms with Crippen molar-refractivity contribution in [3.05, 3.63) is 30.4 Å². The van der Waals surface area contributed by atoms with Gasteiger partial charge in [0.25, 0.3) is 0 Å². The summed E-state index contributed by atoms with van der Waals surface area (Å²) in [5, 5.41) is 0. The maximum atomic E-state index is 9.71. The standard InChI is InChI=1S/C7H6O/c8-6-5-7-3-1-2-4-7/h1-5,7H. The van der Waals surface area contributed by atoms with E-state index in [0.29, 0.717) is 0 Å². The number of rotatable bonds is 1. The highest BCUT2D eigenvalue weighted by molar-refractivity contribution is 5.48. The van der Waals surface area contributed by atoms with Gasteiger partial charge >= 0.3 is 0 Å². The highest BCUT2D eigenvalue weighted by Gasteiger charge is 1.95. The normalized spacial score (nSPS) is 16.5. The van der Waals surface area contributed by atoms with Crippen LogP contribution in [0.25, 0.3) is 0 Å². The van der Waals surface area contributed by atoms with E-state index in [1.807, 2.05) is 24.3 Å². The average Bonchev–Trinajstić information content (AvgIpc) is 2.19. The van der Waals surface area contributed by atoms with Crippen LogP contribution in [0.2, 0.25) is 0 Å². The molecule has 0 aromatic rings. The van der Waals surface area contributed by atoms with Gasteiger partial charge in [-0.05, 0) is 0 Å². The minimum absolute atomic E-state index is 0.201. The van der Waals surface area contributed by atoms with Crippen molar-refractivity contribution in [2.45, 2.75) is 0 Å². The summed E-state index contributed by atoms with van der Waals surface area (Å²) in [5.41, 5.74) is 0. The molecule has 0 aliphatic heterocycles. The Kier molecular flexibility index (Phi) is 1.45. The van der Waals surface area contributed by atoms with Crippen molar-refractivity contribution in [2.75, 3.05) is 0 Å². The van der Waals surface area contributed by atoms with Gasteiger partial charge in [0.1, 0.15) is 5.94 Å². The fourth-order valence-electron chi connectivity index (χ4n) is 0.639. The Morgan fingerprint density at radius 3 is 2.50 bits per heavy atom. The maximum Gasteiger partial charge on any atom is 0.120 e. The summed E-state index contributed by atoms with van der Waals surface area (Å²) in [6, 6.07) is 0. The molecule has 0 atom stereocenters. The van der Waals surface area contributed by atoms with E-state index in [1.54, 1.807) is 5.94 Å². The molecule has 0 spiro atoms. The molecular formula is C7H6O. The van der Waals surface area contributed by atoms with Gasteiger partial charge in [0.2, 0.25) is 0 Å². The lowest BCUT2D eigenvalue weighted by molar-refractivity contribution is 0.568. The Balaban J connectivity index is 2.62. The molecule has 1 nitrogen and oxygen atoms in total. The average molecular weight is 106 g/mol. The fraction of sp³-hybridized carbons (Fsp3) is 0.143. The van der Waals surface area contributed by atoms with Gasteiger partial charge in [-0.25, -0.2) is 4.79 Å². The first kappa shape index (κ1) is 5.07. The van der Waals surface area contributed by atoms with Crippen molar-refractivity contribution in [1.29, 1.82) is 0 Å². The van der Waals surface area contributed by atoms with Gasteiger partial charge in [-0.15, -0.1) is 0 Å². The first-order valence-electron chi connectivity index (χ1n) is 2.49. The van der Waals surface area contributed by atoms with Gasteiger partial charge in [0.15, 0.2) is 0 Å². The Bertz CT molecular complexity index is 159. The van der Waals surface area contributed by atoms with E-state index < -0.39 is 0 Å². The van der Waals surface area contributed by atoms with Crippen LogP contribution in [0.1, 0.15) is 0 Å². The van der Waals surface area contributed by atoms with Crippen molar-refractivity contribution in [2.24, 2.45) is 5.92 Å². The summed E-state index contributed by atoms with van der Waals surface area (Å²) < 4.78 is 0. The maximum absolute atomic E-state index is 9.71. The monoisotopic (exact) mass is 106 g/mol. The minimum Gasteiger partial charge on any atom is -0.234 e. The molecule has 1 aliphatic carbocycles. The third kappa shape index (κ3) is 0.955. The van der Waals surface area contributed by atoms with E-state index in [-0.39, 0.29) is 5.92 Å². The number of allylic oxidation sites excluding steroid dienone is 5. The first-order chi connectivity index (χ1) is 3.93. The van der Waals surface area contributed by atoms with Crippen molar-refractivity contribution in [3.8, 4) is 0 Å². The zero-order valence-electron chi connectivity index (χ0n) is 4.37. The Morgan fingerprint density at radius 2 is 2.00 bits per heavy atom. The summed E-state index contributed by atoms with van der Waals surface area (Å²) >= 11 is 0. The lowest BCUT2D eigenvalue weighted by atomic mass is 10.2. The SMILES string of the molecule is O=C=CC1C=CC=C1. The molecule has 0 N–H and O–H groups in total. The van der Waals surface area contributed by atoms with Gasteiger partial charge in [-0.2, -0.15) is 0 Å². The molecule has 0 saturated carbocycles. The second kappa shape index (κ2) is 2.29. The van der Waals surface area contributed by atoms with Gasteiger partial charge in [0.05, 0.1) is 0 Å². The van der Waals surface area contributed by atoms with Crippen LogP contribution in [0.5, 0.6) is 0 Å². The summed E-state index contributed by atoms with van der Waals surface area (Å²) in [7, 11) is 0. The Morgan fingerprint density at radius 1 is 1.38 bits per heavy atom. The highest BCUT2D eigenvalue weighted by atomic mass is 16.1. The predicted octanol–water partition coefficient (Wildman–Crippen LogP) is 1.12. The Labute approximate surface area is 48.0 Å². The molecule has 1 aliphatic rings. The van der Waals surface area contributed by atoms with Crippen LogP contribution in [-0.4, -0.2) is 5.94 Å². The smallest absolute Gasteiger partial charge is 0.120 e. The molecule has 0 fully saturated rings. The predicted molar refractivity (Wildman–Crippen MR) is 32.0 cm³/mol. The summed E-state index contributed by atoms with van der Waals surface area (Å²) in [5.74, 6) is 1.93. The van der Waals surface area contributed by atoms with Crippen LogP contribution in [-0.2, 0) is 4.79 Å². The van der Waals surface area contributed by atoms with Crippen molar-refractivity contribution in [1.82, 2.24) is 0 Å². The van der Waals surface area contributed by atoms with E-state index in [0.717, 1.165) is 0 Å². The lowest BCUT2D eigenvalue weighted by Gasteiger charge is -1.86. The molecule has 40 valence electrons. The van der Waals surface area contributed by atoms with Gasteiger partial charge in [-0.3, -0.25) is 0 Å². The quantitative estimate of drug-likeness (QED) is 0.458. The van der Waals surface area contributed by atoms with E-state index in [2.05, 4.69) is 0 Å². The Hall–Kier alpha value is -1.07. The molecule has 0 radical (unpaired) electrons. The zero-order valence-corrected chi connectivity index (χ0v) is 4.37. The van der Waals surface area contributed by atoms with E-state index >= 15 is 0 Å². The van der Waals surface area contributed by atoms with E-state index in [1.165, 1.54) is 6.08 Å².